The Morgan fingerprint density at radius 3 is 2.28 bits per heavy atom. The van der Waals surface area contributed by atoms with Crippen molar-refractivity contribution in [2.75, 3.05) is 0 Å². The van der Waals surface area contributed by atoms with Gasteiger partial charge in [-0.15, -0.1) is 10.2 Å². The van der Waals surface area contributed by atoms with E-state index < -0.39 is 0 Å². The van der Waals surface area contributed by atoms with E-state index in [4.69, 9.17) is 9.68 Å². The normalized spacial score (nSPS) is 11.3. The average molecular weight is 349 g/mol. The lowest BCUT2D eigenvalue weighted by Crippen LogP contribution is -2.10. The zero-order valence-electron chi connectivity index (χ0n) is 14.5. The van der Waals surface area contributed by atoms with Crippen LogP contribution in [0.1, 0.15) is 37.5 Å². The molecule has 3 aromatic rings. The van der Waals surface area contributed by atoms with Gasteiger partial charge in [0.2, 0.25) is 5.89 Å². The topological polar surface area (TPSA) is 62.7 Å². The molecule has 1 aromatic heterocycles. The van der Waals surface area contributed by atoms with E-state index in [0.717, 1.165) is 16.9 Å². The van der Waals surface area contributed by atoms with Crippen molar-refractivity contribution < 1.29 is 4.42 Å². The van der Waals surface area contributed by atoms with Crippen LogP contribution in [0.3, 0.4) is 0 Å². The van der Waals surface area contributed by atoms with Gasteiger partial charge >= 0.3 is 0 Å². The first-order valence-corrected chi connectivity index (χ1v) is 9.00. The molecule has 0 bridgehead atoms. The van der Waals surface area contributed by atoms with E-state index in [-0.39, 0.29) is 5.41 Å². The van der Waals surface area contributed by atoms with Crippen molar-refractivity contribution in [3.8, 4) is 17.5 Å². The lowest BCUT2D eigenvalue weighted by atomic mass is 9.87. The second-order valence-corrected chi connectivity index (χ2v) is 7.72. The highest BCUT2D eigenvalue weighted by Gasteiger charge is 2.15. The Balaban J connectivity index is 1.66. The maximum atomic E-state index is 8.82. The molecular formula is C20H19N3OS. The number of nitriles is 1. The smallest absolute Gasteiger partial charge is 0.277 e. The standard InChI is InChI=1S/C20H19N3OS/c1-20(2,3)17-10-8-16(9-11-17)18-22-23-19(24-18)25-13-15-6-4-14(12-21)5-7-15/h4-11H,13H2,1-3H3. The van der Waals surface area contributed by atoms with Crippen LogP contribution < -0.4 is 0 Å². The van der Waals surface area contributed by atoms with Gasteiger partial charge in [-0.25, -0.2) is 0 Å². The summed E-state index contributed by atoms with van der Waals surface area (Å²) in [5, 5.41) is 17.6. The fourth-order valence-corrected chi connectivity index (χ4v) is 3.04. The van der Waals surface area contributed by atoms with Crippen LogP contribution in [0.15, 0.2) is 58.2 Å². The minimum atomic E-state index is 0.121. The number of nitrogens with zero attached hydrogens (tertiary/aromatic N) is 3. The van der Waals surface area contributed by atoms with Gasteiger partial charge in [0.25, 0.3) is 5.22 Å². The van der Waals surface area contributed by atoms with Gasteiger partial charge in [-0.3, -0.25) is 0 Å². The van der Waals surface area contributed by atoms with Crippen LogP contribution in [0.4, 0.5) is 0 Å². The first-order chi connectivity index (χ1) is 12.0. The molecule has 5 heteroatoms. The summed E-state index contributed by atoms with van der Waals surface area (Å²) in [7, 11) is 0. The summed E-state index contributed by atoms with van der Waals surface area (Å²) < 4.78 is 5.75. The molecule has 0 atom stereocenters. The zero-order chi connectivity index (χ0) is 17.9. The first-order valence-electron chi connectivity index (χ1n) is 8.02. The van der Waals surface area contributed by atoms with E-state index >= 15 is 0 Å². The van der Waals surface area contributed by atoms with Gasteiger partial charge in [0.15, 0.2) is 0 Å². The molecule has 126 valence electrons. The predicted octanol–water partition coefficient (Wildman–Crippen LogP) is 5.20. The molecule has 0 aliphatic rings. The number of hydrogen-bond donors (Lipinski definition) is 0. The van der Waals surface area contributed by atoms with Crippen molar-refractivity contribution in [2.45, 2.75) is 37.2 Å². The monoisotopic (exact) mass is 349 g/mol. The molecule has 0 unspecified atom stereocenters. The third-order valence-electron chi connectivity index (χ3n) is 3.85. The van der Waals surface area contributed by atoms with Crippen molar-refractivity contribution in [3.05, 3.63) is 65.2 Å². The molecule has 25 heavy (non-hydrogen) atoms. The summed E-state index contributed by atoms with van der Waals surface area (Å²) in [6.07, 6.45) is 0. The number of aromatic nitrogens is 2. The fraction of sp³-hybridized carbons (Fsp3) is 0.250. The molecule has 0 saturated carbocycles. The van der Waals surface area contributed by atoms with E-state index in [1.54, 1.807) is 0 Å². The van der Waals surface area contributed by atoms with Gasteiger partial charge < -0.3 is 4.42 Å². The van der Waals surface area contributed by atoms with E-state index in [2.05, 4.69) is 49.2 Å². The maximum absolute atomic E-state index is 8.82. The third-order valence-corrected chi connectivity index (χ3v) is 4.74. The molecule has 3 rings (SSSR count). The van der Waals surface area contributed by atoms with Crippen LogP contribution >= 0.6 is 11.8 Å². The fourth-order valence-electron chi connectivity index (χ4n) is 2.32. The lowest BCUT2D eigenvalue weighted by molar-refractivity contribution is 0.466. The SMILES string of the molecule is CC(C)(C)c1ccc(-c2nnc(SCc3ccc(C#N)cc3)o2)cc1. The summed E-state index contributed by atoms with van der Waals surface area (Å²) >= 11 is 1.49. The van der Waals surface area contributed by atoms with Crippen LogP contribution in [0.5, 0.6) is 0 Å². The molecule has 1 heterocycles. The van der Waals surface area contributed by atoms with Crippen molar-refractivity contribution in [1.29, 1.82) is 5.26 Å². The Hall–Kier alpha value is -2.58. The molecule has 0 saturated heterocycles. The number of thioether (sulfide) groups is 1. The van der Waals surface area contributed by atoms with Gasteiger partial charge in [0.05, 0.1) is 11.6 Å². The minimum Gasteiger partial charge on any atom is -0.411 e. The van der Waals surface area contributed by atoms with Crippen LogP contribution in [0.2, 0.25) is 0 Å². The molecule has 0 fully saturated rings. The van der Waals surface area contributed by atoms with Gasteiger partial charge in [-0.2, -0.15) is 5.26 Å². The molecule has 0 radical (unpaired) electrons. The minimum absolute atomic E-state index is 0.121. The van der Waals surface area contributed by atoms with Crippen LogP contribution in [0, 0.1) is 11.3 Å². The highest BCUT2D eigenvalue weighted by Crippen LogP contribution is 2.28. The molecular weight excluding hydrogens is 330 g/mol. The largest absolute Gasteiger partial charge is 0.411 e. The molecule has 0 spiro atoms. The van der Waals surface area contributed by atoms with Crippen LogP contribution in [-0.4, -0.2) is 10.2 Å². The summed E-state index contributed by atoms with van der Waals surface area (Å²) in [6.45, 7) is 6.56. The molecule has 0 aliphatic carbocycles. The molecule has 0 amide bonds. The van der Waals surface area contributed by atoms with E-state index in [9.17, 15) is 0 Å². The Bertz CT molecular complexity index is 884. The summed E-state index contributed by atoms with van der Waals surface area (Å²) in [4.78, 5) is 0. The second-order valence-electron chi connectivity index (χ2n) is 6.80. The Morgan fingerprint density at radius 2 is 1.68 bits per heavy atom. The van der Waals surface area contributed by atoms with Crippen molar-refractivity contribution in [1.82, 2.24) is 10.2 Å². The van der Waals surface area contributed by atoms with Crippen molar-refractivity contribution in [2.24, 2.45) is 0 Å². The average Bonchev–Trinajstić information content (AvgIpc) is 3.09. The van der Waals surface area contributed by atoms with Crippen LogP contribution in [-0.2, 0) is 11.2 Å². The number of hydrogen-bond acceptors (Lipinski definition) is 5. The van der Waals surface area contributed by atoms with Gasteiger partial charge in [0.1, 0.15) is 0 Å². The summed E-state index contributed by atoms with van der Waals surface area (Å²) in [5.74, 6) is 1.25. The summed E-state index contributed by atoms with van der Waals surface area (Å²) in [5.41, 5.74) is 4.08. The van der Waals surface area contributed by atoms with E-state index in [0.29, 0.717) is 16.7 Å². The third kappa shape index (κ3) is 4.28. The maximum Gasteiger partial charge on any atom is 0.277 e. The Kier molecular flexibility index (Phi) is 4.91. The van der Waals surface area contributed by atoms with Crippen LogP contribution in [0.25, 0.3) is 11.5 Å². The van der Waals surface area contributed by atoms with Crippen molar-refractivity contribution in [3.63, 3.8) is 0 Å². The first kappa shape index (κ1) is 17.2. The van der Waals surface area contributed by atoms with Gasteiger partial charge in [0, 0.05) is 11.3 Å². The predicted molar refractivity (Wildman–Crippen MR) is 99.2 cm³/mol. The van der Waals surface area contributed by atoms with Gasteiger partial charge in [-0.1, -0.05) is 56.8 Å². The second kappa shape index (κ2) is 7.12. The lowest BCUT2D eigenvalue weighted by Gasteiger charge is -2.18. The molecule has 2 aromatic carbocycles. The summed E-state index contributed by atoms with van der Waals surface area (Å²) in [6, 6.07) is 17.8. The molecule has 0 aliphatic heterocycles. The number of rotatable bonds is 4. The van der Waals surface area contributed by atoms with Crippen molar-refractivity contribution >= 4 is 11.8 Å². The van der Waals surface area contributed by atoms with Gasteiger partial charge in [-0.05, 0) is 40.8 Å². The molecule has 0 N–H and O–H groups in total. The van der Waals surface area contributed by atoms with E-state index in [1.165, 1.54) is 17.3 Å². The highest BCUT2D eigenvalue weighted by molar-refractivity contribution is 7.98. The number of benzene rings is 2. The van der Waals surface area contributed by atoms with E-state index in [1.807, 2.05) is 36.4 Å². The Morgan fingerprint density at radius 1 is 1.00 bits per heavy atom. The quantitative estimate of drug-likeness (QED) is 0.606. The zero-order valence-corrected chi connectivity index (χ0v) is 15.3. The molecule has 4 nitrogen and oxygen atoms in total. The Labute approximate surface area is 151 Å². The highest BCUT2D eigenvalue weighted by atomic mass is 32.2.